The average Bonchev–Trinajstić information content (AvgIpc) is 2.90. The molecular weight excluding hydrogens is 194 g/mol. The number of ketones is 1. The van der Waals surface area contributed by atoms with Crippen LogP contribution in [0.4, 0.5) is 0 Å². The third-order valence-corrected chi connectivity index (χ3v) is 2.63. The van der Waals surface area contributed by atoms with Crippen LogP contribution in [0.25, 0.3) is 0 Å². The number of rotatable bonds is 5. The van der Waals surface area contributed by atoms with E-state index in [2.05, 4.69) is 15.2 Å². The standard InChI is InChI=1S/C10H15N3O2/c14-9(10-11-7-12-13-10)5-1-3-8-4-2-6-15-8/h7-8H,1-6H2,(H,11,12,13). The highest BCUT2D eigenvalue weighted by Crippen LogP contribution is 2.17. The molecule has 0 spiro atoms. The molecule has 1 unspecified atom stereocenters. The van der Waals surface area contributed by atoms with Crippen molar-refractivity contribution in [3.8, 4) is 0 Å². The monoisotopic (exact) mass is 209 g/mol. The lowest BCUT2D eigenvalue weighted by atomic mass is 10.1. The van der Waals surface area contributed by atoms with Gasteiger partial charge in [0.15, 0.2) is 11.6 Å². The fourth-order valence-corrected chi connectivity index (χ4v) is 1.82. The Hall–Kier alpha value is -1.23. The number of carbonyl (C=O) groups is 1. The summed E-state index contributed by atoms with van der Waals surface area (Å²) in [7, 11) is 0. The van der Waals surface area contributed by atoms with Crippen molar-refractivity contribution in [3.63, 3.8) is 0 Å². The number of hydrogen-bond acceptors (Lipinski definition) is 4. The number of nitrogens with one attached hydrogen (secondary N) is 1. The van der Waals surface area contributed by atoms with E-state index in [9.17, 15) is 4.79 Å². The van der Waals surface area contributed by atoms with Crippen LogP contribution < -0.4 is 0 Å². The van der Waals surface area contributed by atoms with Gasteiger partial charge >= 0.3 is 0 Å². The molecule has 1 aliphatic rings. The van der Waals surface area contributed by atoms with E-state index in [1.165, 1.54) is 6.33 Å². The van der Waals surface area contributed by atoms with Gasteiger partial charge in [-0.15, -0.1) is 0 Å². The molecule has 1 aliphatic heterocycles. The summed E-state index contributed by atoms with van der Waals surface area (Å²) in [4.78, 5) is 15.3. The molecule has 0 saturated carbocycles. The molecule has 0 aliphatic carbocycles. The molecule has 0 radical (unpaired) electrons. The fourth-order valence-electron chi connectivity index (χ4n) is 1.82. The SMILES string of the molecule is O=C(CCCC1CCCO1)c1ncn[nH]1. The first-order valence-electron chi connectivity index (χ1n) is 5.36. The molecule has 5 heteroatoms. The topological polar surface area (TPSA) is 67.9 Å². The Kier molecular flexibility index (Phi) is 3.45. The van der Waals surface area contributed by atoms with Crippen molar-refractivity contribution in [2.75, 3.05) is 6.61 Å². The minimum atomic E-state index is 0.0329. The first-order valence-corrected chi connectivity index (χ1v) is 5.36. The van der Waals surface area contributed by atoms with E-state index >= 15 is 0 Å². The normalized spacial score (nSPS) is 20.7. The number of Topliss-reactive ketones (excluding diaryl/α,β-unsaturated/α-hetero) is 1. The maximum atomic E-state index is 11.5. The first-order chi connectivity index (χ1) is 7.36. The van der Waals surface area contributed by atoms with E-state index in [-0.39, 0.29) is 5.78 Å². The molecule has 15 heavy (non-hydrogen) atoms. The van der Waals surface area contributed by atoms with Crippen LogP contribution in [-0.2, 0) is 4.74 Å². The second kappa shape index (κ2) is 5.02. The number of nitrogens with zero attached hydrogens (tertiary/aromatic N) is 2. The summed E-state index contributed by atoms with van der Waals surface area (Å²) in [5.74, 6) is 0.396. The van der Waals surface area contributed by atoms with Crippen molar-refractivity contribution < 1.29 is 9.53 Å². The lowest BCUT2D eigenvalue weighted by Gasteiger charge is -2.07. The molecule has 1 saturated heterocycles. The highest BCUT2D eigenvalue weighted by molar-refractivity contribution is 5.92. The molecule has 1 aromatic heterocycles. The minimum absolute atomic E-state index is 0.0329. The van der Waals surface area contributed by atoms with Crippen LogP contribution in [0.1, 0.15) is 42.7 Å². The van der Waals surface area contributed by atoms with Gasteiger partial charge in [0, 0.05) is 13.0 Å². The van der Waals surface area contributed by atoms with Crippen molar-refractivity contribution in [2.24, 2.45) is 0 Å². The zero-order valence-electron chi connectivity index (χ0n) is 8.61. The highest BCUT2D eigenvalue weighted by Gasteiger charge is 2.16. The molecule has 5 nitrogen and oxygen atoms in total. The molecule has 2 rings (SSSR count). The predicted octanol–water partition coefficient (Wildman–Crippen LogP) is 1.34. The zero-order valence-corrected chi connectivity index (χ0v) is 8.61. The maximum Gasteiger partial charge on any atom is 0.199 e. The Morgan fingerprint density at radius 3 is 3.27 bits per heavy atom. The van der Waals surface area contributed by atoms with Crippen LogP contribution in [0.15, 0.2) is 6.33 Å². The summed E-state index contributed by atoms with van der Waals surface area (Å²) >= 11 is 0. The number of carbonyl (C=O) groups excluding carboxylic acids is 1. The molecular formula is C10H15N3O2. The number of H-pyrrole nitrogens is 1. The van der Waals surface area contributed by atoms with Crippen LogP contribution in [0.2, 0.25) is 0 Å². The van der Waals surface area contributed by atoms with Gasteiger partial charge in [-0.05, 0) is 25.7 Å². The fraction of sp³-hybridized carbons (Fsp3) is 0.700. The minimum Gasteiger partial charge on any atom is -0.378 e. The quantitative estimate of drug-likeness (QED) is 0.743. The first kappa shape index (κ1) is 10.3. The molecule has 0 amide bonds. The molecule has 82 valence electrons. The lowest BCUT2D eigenvalue weighted by Crippen LogP contribution is -2.07. The smallest absolute Gasteiger partial charge is 0.199 e. The third kappa shape index (κ3) is 2.86. The molecule has 0 aromatic carbocycles. The molecule has 1 N–H and O–H groups in total. The van der Waals surface area contributed by atoms with Crippen LogP contribution in [0.5, 0.6) is 0 Å². The highest BCUT2D eigenvalue weighted by atomic mass is 16.5. The number of aromatic amines is 1. The largest absolute Gasteiger partial charge is 0.378 e. The van der Waals surface area contributed by atoms with E-state index in [1.807, 2.05) is 0 Å². The van der Waals surface area contributed by atoms with E-state index in [1.54, 1.807) is 0 Å². The molecule has 0 bridgehead atoms. The van der Waals surface area contributed by atoms with Gasteiger partial charge in [0.2, 0.25) is 0 Å². The summed E-state index contributed by atoms with van der Waals surface area (Å²) in [5, 5.41) is 6.22. The van der Waals surface area contributed by atoms with Gasteiger partial charge in [-0.3, -0.25) is 9.89 Å². The number of hydrogen-bond donors (Lipinski definition) is 1. The molecule has 1 aromatic rings. The Morgan fingerprint density at radius 1 is 1.67 bits per heavy atom. The molecule has 2 heterocycles. The lowest BCUT2D eigenvalue weighted by molar-refractivity contribution is 0.0916. The third-order valence-electron chi connectivity index (χ3n) is 2.63. The molecule has 1 atom stereocenters. The zero-order chi connectivity index (χ0) is 10.5. The van der Waals surface area contributed by atoms with E-state index in [0.29, 0.717) is 18.3 Å². The van der Waals surface area contributed by atoms with E-state index in [0.717, 1.165) is 32.3 Å². The summed E-state index contributed by atoms with van der Waals surface area (Å²) in [6, 6.07) is 0. The Balaban J connectivity index is 1.67. The van der Waals surface area contributed by atoms with E-state index in [4.69, 9.17) is 4.74 Å². The second-order valence-corrected chi connectivity index (χ2v) is 3.78. The van der Waals surface area contributed by atoms with Crippen molar-refractivity contribution in [3.05, 3.63) is 12.2 Å². The van der Waals surface area contributed by atoms with Gasteiger partial charge in [-0.25, -0.2) is 4.98 Å². The maximum absolute atomic E-state index is 11.5. The van der Waals surface area contributed by atoms with Gasteiger partial charge in [-0.2, -0.15) is 5.10 Å². The number of aromatic nitrogens is 3. The van der Waals surface area contributed by atoms with Gasteiger partial charge in [0.1, 0.15) is 6.33 Å². The summed E-state index contributed by atoms with van der Waals surface area (Å²) < 4.78 is 5.48. The van der Waals surface area contributed by atoms with Crippen molar-refractivity contribution in [1.29, 1.82) is 0 Å². The predicted molar refractivity (Wildman–Crippen MR) is 53.5 cm³/mol. The van der Waals surface area contributed by atoms with Gasteiger partial charge < -0.3 is 4.74 Å². The van der Waals surface area contributed by atoms with Crippen molar-refractivity contribution in [1.82, 2.24) is 15.2 Å². The van der Waals surface area contributed by atoms with Gasteiger partial charge in [-0.1, -0.05) is 0 Å². The van der Waals surface area contributed by atoms with Crippen LogP contribution in [0.3, 0.4) is 0 Å². The van der Waals surface area contributed by atoms with Crippen LogP contribution >= 0.6 is 0 Å². The Labute approximate surface area is 88.2 Å². The van der Waals surface area contributed by atoms with E-state index < -0.39 is 0 Å². The van der Waals surface area contributed by atoms with Crippen LogP contribution in [-0.4, -0.2) is 33.7 Å². The van der Waals surface area contributed by atoms with Crippen molar-refractivity contribution >= 4 is 5.78 Å². The summed E-state index contributed by atoms with van der Waals surface area (Å²) in [5.41, 5.74) is 0. The second-order valence-electron chi connectivity index (χ2n) is 3.78. The van der Waals surface area contributed by atoms with Gasteiger partial charge in [0.05, 0.1) is 6.10 Å². The molecule has 1 fully saturated rings. The Morgan fingerprint density at radius 2 is 2.60 bits per heavy atom. The van der Waals surface area contributed by atoms with Crippen molar-refractivity contribution in [2.45, 2.75) is 38.2 Å². The van der Waals surface area contributed by atoms with Gasteiger partial charge in [0.25, 0.3) is 0 Å². The van der Waals surface area contributed by atoms with Crippen LogP contribution in [0, 0.1) is 0 Å². The average molecular weight is 209 g/mol. The number of ether oxygens (including phenoxy) is 1. The summed E-state index contributed by atoms with van der Waals surface area (Å²) in [6.45, 7) is 0.876. The summed E-state index contributed by atoms with van der Waals surface area (Å²) in [6.07, 6.45) is 6.37. The Bertz CT molecular complexity index is 304.